The van der Waals surface area contributed by atoms with E-state index < -0.39 is 17.7 Å². The van der Waals surface area contributed by atoms with E-state index in [9.17, 15) is 14.7 Å². The van der Waals surface area contributed by atoms with Crippen LogP contribution in [-0.4, -0.2) is 23.4 Å². The molecule has 4 rings (SSSR count). The Hall–Kier alpha value is -3.86. The van der Waals surface area contributed by atoms with Crippen LogP contribution in [0.2, 0.25) is 0 Å². The largest absolute Gasteiger partial charge is 0.507 e. The van der Waals surface area contributed by atoms with Crippen molar-refractivity contribution in [3.05, 3.63) is 101 Å². The number of Topliss-reactive ketones (excluding diaryl/α,β-unsaturated/α-hetero) is 1. The third-order valence-electron chi connectivity index (χ3n) is 5.87. The molecule has 1 heterocycles. The molecular formula is C28H27NO4. The van der Waals surface area contributed by atoms with Gasteiger partial charge in [-0.3, -0.25) is 14.5 Å². The zero-order valence-electron chi connectivity index (χ0n) is 19.0. The number of anilines is 1. The lowest BCUT2D eigenvalue weighted by Crippen LogP contribution is -2.29. The zero-order valence-corrected chi connectivity index (χ0v) is 19.0. The van der Waals surface area contributed by atoms with Crippen molar-refractivity contribution in [3.8, 4) is 5.75 Å². The topological polar surface area (TPSA) is 66.8 Å². The lowest BCUT2D eigenvalue weighted by molar-refractivity contribution is -0.132. The molecule has 1 fully saturated rings. The van der Waals surface area contributed by atoms with Crippen molar-refractivity contribution in [2.45, 2.75) is 33.2 Å². The van der Waals surface area contributed by atoms with E-state index in [2.05, 4.69) is 0 Å². The molecule has 0 spiro atoms. The van der Waals surface area contributed by atoms with Gasteiger partial charge in [0.25, 0.3) is 11.7 Å². The fraction of sp³-hybridized carbons (Fsp3) is 0.214. The Morgan fingerprint density at radius 2 is 1.64 bits per heavy atom. The molecule has 3 aromatic carbocycles. The molecule has 1 aliphatic rings. The molecule has 3 aromatic rings. The summed E-state index contributed by atoms with van der Waals surface area (Å²) in [6.45, 7) is 6.46. The Balaban J connectivity index is 1.89. The summed E-state index contributed by atoms with van der Waals surface area (Å²) < 4.78 is 5.74. The first kappa shape index (κ1) is 22.3. The first-order chi connectivity index (χ1) is 15.9. The van der Waals surface area contributed by atoms with Gasteiger partial charge in [-0.15, -0.1) is 0 Å². The number of carbonyl (C=O) groups is 2. The number of nitrogens with zero attached hydrogens (tertiary/aromatic N) is 1. The van der Waals surface area contributed by atoms with Gasteiger partial charge in [0.05, 0.1) is 18.2 Å². The quantitative estimate of drug-likeness (QED) is 0.302. The first-order valence-electron chi connectivity index (χ1n) is 11.1. The first-order valence-corrected chi connectivity index (χ1v) is 11.1. The minimum Gasteiger partial charge on any atom is -0.507 e. The average molecular weight is 442 g/mol. The second kappa shape index (κ2) is 9.33. The fourth-order valence-electron chi connectivity index (χ4n) is 4.20. The van der Waals surface area contributed by atoms with Crippen molar-refractivity contribution in [2.24, 2.45) is 0 Å². The second-order valence-corrected chi connectivity index (χ2v) is 8.19. The van der Waals surface area contributed by atoms with Crippen LogP contribution in [0.4, 0.5) is 5.69 Å². The normalized spacial score (nSPS) is 17.4. The molecule has 0 bridgehead atoms. The lowest BCUT2D eigenvalue weighted by Gasteiger charge is -2.26. The molecular weight excluding hydrogens is 414 g/mol. The van der Waals surface area contributed by atoms with Crippen molar-refractivity contribution in [1.82, 2.24) is 0 Å². The van der Waals surface area contributed by atoms with Gasteiger partial charge in [0.1, 0.15) is 11.5 Å². The van der Waals surface area contributed by atoms with Crippen LogP contribution in [0.15, 0.2) is 78.4 Å². The highest BCUT2D eigenvalue weighted by atomic mass is 16.5. The predicted molar refractivity (Wildman–Crippen MR) is 129 cm³/mol. The maximum absolute atomic E-state index is 13.3. The monoisotopic (exact) mass is 441 g/mol. The third-order valence-corrected chi connectivity index (χ3v) is 5.87. The molecule has 0 aliphatic carbocycles. The summed E-state index contributed by atoms with van der Waals surface area (Å²) in [7, 11) is 0. The average Bonchev–Trinajstić information content (AvgIpc) is 3.09. The van der Waals surface area contributed by atoms with Gasteiger partial charge >= 0.3 is 0 Å². The fourth-order valence-corrected chi connectivity index (χ4v) is 4.20. The Labute approximate surface area is 193 Å². The third kappa shape index (κ3) is 4.14. The SMILES string of the molecule is CCCOc1ccc(/C(O)=C2\C(=O)C(=O)N(c3ccccc3)C2c2ccccc2C)cc1C. The molecule has 1 unspecified atom stereocenters. The highest BCUT2D eigenvalue weighted by Crippen LogP contribution is 2.43. The van der Waals surface area contributed by atoms with Crippen molar-refractivity contribution >= 4 is 23.1 Å². The van der Waals surface area contributed by atoms with E-state index in [0.29, 0.717) is 17.9 Å². The van der Waals surface area contributed by atoms with Crippen LogP contribution < -0.4 is 9.64 Å². The molecule has 0 saturated carbocycles. The number of aryl methyl sites for hydroxylation is 2. The Bertz CT molecular complexity index is 1230. The molecule has 0 radical (unpaired) electrons. The van der Waals surface area contributed by atoms with E-state index in [1.165, 1.54) is 4.90 Å². The summed E-state index contributed by atoms with van der Waals surface area (Å²) >= 11 is 0. The Morgan fingerprint density at radius 1 is 0.939 bits per heavy atom. The van der Waals surface area contributed by atoms with E-state index in [0.717, 1.165) is 28.9 Å². The van der Waals surface area contributed by atoms with Crippen LogP contribution in [-0.2, 0) is 9.59 Å². The number of para-hydroxylation sites is 1. The smallest absolute Gasteiger partial charge is 0.300 e. The highest BCUT2D eigenvalue weighted by molar-refractivity contribution is 6.51. The van der Waals surface area contributed by atoms with Gasteiger partial charge in [-0.25, -0.2) is 0 Å². The maximum atomic E-state index is 13.3. The van der Waals surface area contributed by atoms with Gasteiger partial charge in [-0.05, 0) is 67.3 Å². The van der Waals surface area contributed by atoms with Crippen molar-refractivity contribution in [3.63, 3.8) is 0 Å². The standard InChI is InChI=1S/C28H27NO4/c1-4-16-33-23-15-14-20(17-19(23)3)26(30)24-25(22-13-9-8-10-18(22)2)29(28(32)27(24)31)21-11-6-5-7-12-21/h5-15,17,25,30H,4,16H2,1-3H3/b26-24+. The van der Waals surface area contributed by atoms with E-state index in [-0.39, 0.29) is 11.3 Å². The Morgan fingerprint density at radius 3 is 2.30 bits per heavy atom. The summed E-state index contributed by atoms with van der Waals surface area (Å²) in [5.74, 6) is -0.817. The number of ether oxygens (including phenoxy) is 1. The van der Waals surface area contributed by atoms with Crippen LogP contribution in [0.25, 0.3) is 5.76 Å². The molecule has 1 aliphatic heterocycles. The van der Waals surface area contributed by atoms with Crippen LogP contribution in [0, 0.1) is 13.8 Å². The van der Waals surface area contributed by atoms with Gasteiger partial charge in [0, 0.05) is 11.3 Å². The predicted octanol–water partition coefficient (Wildman–Crippen LogP) is 5.72. The molecule has 1 N–H and O–H groups in total. The number of aliphatic hydroxyl groups excluding tert-OH is 1. The van der Waals surface area contributed by atoms with Gasteiger partial charge in [-0.1, -0.05) is 49.4 Å². The van der Waals surface area contributed by atoms with Gasteiger partial charge < -0.3 is 9.84 Å². The van der Waals surface area contributed by atoms with E-state index in [4.69, 9.17) is 4.74 Å². The number of rotatable bonds is 6. The number of carbonyl (C=O) groups excluding carboxylic acids is 2. The molecule has 1 amide bonds. The maximum Gasteiger partial charge on any atom is 0.300 e. The van der Waals surface area contributed by atoms with Crippen molar-refractivity contribution in [2.75, 3.05) is 11.5 Å². The Kier molecular flexibility index (Phi) is 6.31. The lowest BCUT2D eigenvalue weighted by atomic mass is 9.92. The van der Waals surface area contributed by atoms with Crippen LogP contribution >= 0.6 is 0 Å². The molecule has 0 aromatic heterocycles. The number of amides is 1. The summed E-state index contributed by atoms with van der Waals surface area (Å²) in [6.07, 6.45) is 0.889. The van der Waals surface area contributed by atoms with Crippen molar-refractivity contribution < 1.29 is 19.4 Å². The van der Waals surface area contributed by atoms with Crippen molar-refractivity contribution in [1.29, 1.82) is 0 Å². The minimum atomic E-state index is -0.732. The molecule has 1 atom stereocenters. The molecule has 5 nitrogen and oxygen atoms in total. The summed E-state index contributed by atoms with van der Waals surface area (Å²) in [5.41, 5.74) is 3.72. The van der Waals surface area contributed by atoms with E-state index in [1.54, 1.807) is 30.3 Å². The van der Waals surface area contributed by atoms with Crippen LogP contribution in [0.3, 0.4) is 0 Å². The second-order valence-electron chi connectivity index (χ2n) is 8.19. The van der Waals surface area contributed by atoms with Crippen LogP contribution in [0.1, 0.15) is 41.6 Å². The number of aliphatic hydroxyl groups is 1. The highest BCUT2D eigenvalue weighted by Gasteiger charge is 2.47. The van der Waals surface area contributed by atoms with Crippen LogP contribution in [0.5, 0.6) is 5.75 Å². The molecule has 5 heteroatoms. The molecule has 168 valence electrons. The van der Waals surface area contributed by atoms with E-state index in [1.807, 2.05) is 63.2 Å². The van der Waals surface area contributed by atoms with Gasteiger partial charge in [-0.2, -0.15) is 0 Å². The minimum absolute atomic E-state index is 0.0831. The summed E-state index contributed by atoms with van der Waals surface area (Å²) in [5, 5.41) is 11.3. The molecule has 33 heavy (non-hydrogen) atoms. The molecule has 1 saturated heterocycles. The number of hydrogen-bond donors (Lipinski definition) is 1. The zero-order chi connectivity index (χ0) is 23.5. The summed E-state index contributed by atoms with van der Waals surface area (Å²) in [6, 6.07) is 21.2. The van der Waals surface area contributed by atoms with Gasteiger partial charge in [0.15, 0.2) is 0 Å². The van der Waals surface area contributed by atoms with E-state index >= 15 is 0 Å². The number of hydrogen-bond acceptors (Lipinski definition) is 4. The number of benzene rings is 3. The van der Waals surface area contributed by atoms with Gasteiger partial charge in [0.2, 0.25) is 0 Å². The summed E-state index contributed by atoms with van der Waals surface area (Å²) in [4.78, 5) is 27.9. The number of ketones is 1.